The predicted molar refractivity (Wildman–Crippen MR) is 65.6 cm³/mol. The average molecular weight is 218 g/mol. The Kier molecular flexibility index (Phi) is 2.58. The molecular weight excluding hydrogens is 200 g/mol. The van der Waals surface area contributed by atoms with Crippen molar-refractivity contribution in [3.63, 3.8) is 0 Å². The third-order valence-corrected chi connectivity index (χ3v) is 2.84. The van der Waals surface area contributed by atoms with E-state index in [2.05, 4.69) is 43.7 Å². The smallest absolute Gasteiger partial charge is 0.207 e. The van der Waals surface area contributed by atoms with E-state index >= 15 is 0 Å². The van der Waals surface area contributed by atoms with Gasteiger partial charge in [-0.25, -0.2) is 9.97 Å². The molecule has 4 heteroatoms. The van der Waals surface area contributed by atoms with Gasteiger partial charge in [0, 0.05) is 5.69 Å². The molecule has 2 N–H and O–H groups in total. The Labute approximate surface area is 95.5 Å². The van der Waals surface area contributed by atoms with Crippen LogP contribution in [0.4, 0.5) is 5.95 Å². The lowest BCUT2D eigenvalue weighted by Crippen LogP contribution is -2.05. The van der Waals surface area contributed by atoms with Crippen molar-refractivity contribution < 1.29 is 0 Å². The second kappa shape index (κ2) is 3.77. The summed E-state index contributed by atoms with van der Waals surface area (Å²) in [6.07, 6.45) is 1.53. The first-order valence-corrected chi connectivity index (χ1v) is 5.64. The number of hydrogen-bond donors (Lipinski definition) is 1. The van der Waals surface area contributed by atoms with E-state index < -0.39 is 0 Å². The van der Waals surface area contributed by atoms with Gasteiger partial charge in [-0.3, -0.25) is 4.40 Å². The third-order valence-electron chi connectivity index (χ3n) is 2.84. The number of anilines is 1. The van der Waals surface area contributed by atoms with Gasteiger partial charge in [0.05, 0.1) is 0 Å². The SMILES string of the molecule is CC(C)c1cc(C(C)C)n2c(N)ncnc12. The first kappa shape index (κ1) is 10.9. The molecule has 0 aliphatic carbocycles. The predicted octanol–water partition coefficient (Wildman–Crippen LogP) is 2.56. The van der Waals surface area contributed by atoms with E-state index in [0.717, 1.165) is 5.65 Å². The molecule has 0 atom stereocenters. The summed E-state index contributed by atoms with van der Waals surface area (Å²) in [5.41, 5.74) is 9.27. The van der Waals surface area contributed by atoms with Crippen LogP contribution in [-0.2, 0) is 0 Å². The van der Waals surface area contributed by atoms with E-state index in [9.17, 15) is 0 Å². The van der Waals surface area contributed by atoms with Crippen LogP contribution in [-0.4, -0.2) is 14.4 Å². The molecule has 2 aromatic rings. The summed E-state index contributed by atoms with van der Waals surface area (Å²) in [5.74, 6) is 1.37. The van der Waals surface area contributed by atoms with Gasteiger partial charge in [0.25, 0.3) is 0 Å². The van der Waals surface area contributed by atoms with E-state index in [0.29, 0.717) is 17.8 Å². The maximum atomic E-state index is 5.92. The largest absolute Gasteiger partial charge is 0.369 e. The highest BCUT2D eigenvalue weighted by Gasteiger charge is 2.16. The Bertz CT molecular complexity index is 511. The van der Waals surface area contributed by atoms with E-state index in [4.69, 9.17) is 5.73 Å². The number of fused-ring (bicyclic) bond motifs is 1. The molecule has 0 bridgehead atoms. The number of nitrogens with zero attached hydrogens (tertiary/aromatic N) is 3. The summed E-state index contributed by atoms with van der Waals surface area (Å²) in [7, 11) is 0. The monoisotopic (exact) mass is 218 g/mol. The van der Waals surface area contributed by atoms with Crippen LogP contribution in [0.5, 0.6) is 0 Å². The number of rotatable bonds is 2. The van der Waals surface area contributed by atoms with Crippen molar-refractivity contribution in [3.8, 4) is 0 Å². The number of aromatic nitrogens is 3. The number of nitrogen functional groups attached to an aromatic ring is 1. The first-order chi connectivity index (χ1) is 7.52. The van der Waals surface area contributed by atoms with Gasteiger partial charge in [0.15, 0.2) is 0 Å². The molecular formula is C12H18N4. The van der Waals surface area contributed by atoms with E-state index in [1.807, 2.05) is 4.40 Å². The zero-order valence-corrected chi connectivity index (χ0v) is 10.2. The molecule has 0 radical (unpaired) electrons. The molecule has 0 aliphatic heterocycles. The van der Waals surface area contributed by atoms with Crippen molar-refractivity contribution >= 4 is 11.6 Å². The van der Waals surface area contributed by atoms with Crippen molar-refractivity contribution in [2.75, 3.05) is 5.73 Å². The molecule has 16 heavy (non-hydrogen) atoms. The minimum absolute atomic E-state index is 0.410. The van der Waals surface area contributed by atoms with Gasteiger partial charge in [0.2, 0.25) is 5.95 Å². The van der Waals surface area contributed by atoms with Crippen LogP contribution in [0.25, 0.3) is 5.65 Å². The molecule has 0 amide bonds. The van der Waals surface area contributed by atoms with Gasteiger partial charge in [-0.2, -0.15) is 0 Å². The molecule has 0 unspecified atom stereocenters. The van der Waals surface area contributed by atoms with Crippen molar-refractivity contribution in [1.82, 2.24) is 14.4 Å². The summed E-state index contributed by atoms with van der Waals surface area (Å²) in [6.45, 7) is 8.63. The quantitative estimate of drug-likeness (QED) is 0.842. The standard InChI is InChI=1S/C12H18N4/c1-7(2)9-5-10(8(3)4)16-11(9)14-6-15-12(16)13/h5-8H,1-4H3,(H2,13,14,15). The van der Waals surface area contributed by atoms with E-state index in [-0.39, 0.29) is 0 Å². The Morgan fingerprint density at radius 3 is 2.38 bits per heavy atom. The Hall–Kier alpha value is -1.58. The molecule has 4 nitrogen and oxygen atoms in total. The molecule has 2 heterocycles. The highest BCUT2D eigenvalue weighted by molar-refractivity contribution is 5.56. The molecule has 0 saturated carbocycles. The summed E-state index contributed by atoms with van der Waals surface area (Å²) in [5, 5.41) is 0. The van der Waals surface area contributed by atoms with Crippen LogP contribution >= 0.6 is 0 Å². The average Bonchev–Trinajstić information content (AvgIpc) is 2.58. The van der Waals surface area contributed by atoms with Gasteiger partial charge >= 0.3 is 0 Å². The van der Waals surface area contributed by atoms with Crippen molar-refractivity contribution in [2.45, 2.75) is 39.5 Å². The molecule has 2 rings (SSSR count). The maximum Gasteiger partial charge on any atom is 0.207 e. The molecule has 2 aromatic heterocycles. The minimum atomic E-state index is 0.410. The third kappa shape index (κ3) is 1.54. The lowest BCUT2D eigenvalue weighted by atomic mass is 10.0. The van der Waals surface area contributed by atoms with Crippen LogP contribution in [0.2, 0.25) is 0 Å². The highest BCUT2D eigenvalue weighted by Crippen LogP contribution is 2.28. The first-order valence-electron chi connectivity index (χ1n) is 5.64. The van der Waals surface area contributed by atoms with Gasteiger partial charge < -0.3 is 5.73 Å². The van der Waals surface area contributed by atoms with Crippen LogP contribution in [0.1, 0.15) is 50.8 Å². The second-order valence-electron chi connectivity index (χ2n) is 4.72. The van der Waals surface area contributed by atoms with E-state index in [1.54, 1.807) is 0 Å². The summed E-state index contributed by atoms with van der Waals surface area (Å²) in [4.78, 5) is 8.39. The maximum absolute atomic E-state index is 5.92. The molecule has 0 spiro atoms. The second-order valence-corrected chi connectivity index (χ2v) is 4.72. The molecule has 86 valence electrons. The van der Waals surface area contributed by atoms with Gasteiger partial charge in [0.1, 0.15) is 12.0 Å². The fourth-order valence-corrected chi connectivity index (χ4v) is 1.96. The lowest BCUT2D eigenvalue weighted by molar-refractivity contribution is 0.801. The Morgan fingerprint density at radius 2 is 1.81 bits per heavy atom. The zero-order valence-electron chi connectivity index (χ0n) is 10.2. The lowest BCUT2D eigenvalue weighted by Gasteiger charge is -2.07. The molecule has 0 fully saturated rings. The summed E-state index contributed by atoms with van der Waals surface area (Å²) >= 11 is 0. The topological polar surface area (TPSA) is 56.2 Å². The molecule has 0 aliphatic rings. The van der Waals surface area contributed by atoms with E-state index in [1.165, 1.54) is 17.6 Å². The fraction of sp³-hybridized carbons (Fsp3) is 0.500. The van der Waals surface area contributed by atoms with Crippen molar-refractivity contribution in [3.05, 3.63) is 23.7 Å². The van der Waals surface area contributed by atoms with Gasteiger partial charge in [-0.15, -0.1) is 0 Å². The molecule has 0 aromatic carbocycles. The molecule has 0 saturated heterocycles. The van der Waals surface area contributed by atoms with Gasteiger partial charge in [-0.1, -0.05) is 27.7 Å². The zero-order chi connectivity index (χ0) is 11.9. The van der Waals surface area contributed by atoms with Gasteiger partial charge in [-0.05, 0) is 23.5 Å². The highest BCUT2D eigenvalue weighted by atomic mass is 15.1. The fourth-order valence-electron chi connectivity index (χ4n) is 1.96. The Morgan fingerprint density at radius 1 is 1.12 bits per heavy atom. The van der Waals surface area contributed by atoms with Crippen LogP contribution in [0.3, 0.4) is 0 Å². The normalized spacial score (nSPS) is 11.9. The summed E-state index contributed by atoms with van der Waals surface area (Å²) in [6, 6.07) is 2.19. The Balaban J connectivity index is 2.82. The van der Waals surface area contributed by atoms with Crippen LogP contribution < -0.4 is 5.73 Å². The van der Waals surface area contributed by atoms with Crippen LogP contribution in [0, 0.1) is 0 Å². The number of nitrogens with two attached hydrogens (primary N) is 1. The number of hydrogen-bond acceptors (Lipinski definition) is 3. The van der Waals surface area contributed by atoms with Crippen molar-refractivity contribution in [2.24, 2.45) is 0 Å². The van der Waals surface area contributed by atoms with Crippen LogP contribution in [0.15, 0.2) is 12.4 Å². The minimum Gasteiger partial charge on any atom is -0.369 e. The van der Waals surface area contributed by atoms with Crippen molar-refractivity contribution in [1.29, 1.82) is 0 Å². The summed E-state index contributed by atoms with van der Waals surface area (Å²) < 4.78 is 1.96.